The summed E-state index contributed by atoms with van der Waals surface area (Å²) in [7, 11) is 3.44. The topological polar surface area (TPSA) is 98.5 Å². The lowest BCUT2D eigenvalue weighted by Crippen LogP contribution is -2.16. The second kappa shape index (κ2) is 10.8. The summed E-state index contributed by atoms with van der Waals surface area (Å²) in [6, 6.07) is 18.8. The van der Waals surface area contributed by atoms with Crippen molar-refractivity contribution in [3.05, 3.63) is 77.7 Å². The van der Waals surface area contributed by atoms with Crippen molar-refractivity contribution in [3.8, 4) is 34.0 Å². The van der Waals surface area contributed by atoms with Crippen LogP contribution in [0, 0.1) is 13.8 Å². The highest BCUT2D eigenvalue weighted by Crippen LogP contribution is 2.31. The number of amides is 1. The van der Waals surface area contributed by atoms with E-state index < -0.39 is 0 Å². The highest BCUT2D eigenvalue weighted by atomic mass is 16.5. The molecule has 1 aromatic heterocycles. The maximum atomic E-state index is 12.8. The Morgan fingerprint density at radius 1 is 0.971 bits per heavy atom. The quantitative estimate of drug-likeness (QED) is 0.335. The zero-order valence-corrected chi connectivity index (χ0v) is 20.2. The van der Waals surface area contributed by atoms with E-state index in [1.807, 2.05) is 56.4 Å². The van der Waals surface area contributed by atoms with Gasteiger partial charge in [-0.1, -0.05) is 29.4 Å². The molecule has 180 valence electrons. The van der Waals surface area contributed by atoms with Gasteiger partial charge in [-0.15, -0.1) is 0 Å². The van der Waals surface area contributed by atoms with Gasteiger partial charge in [-0.2, -0.15) is 4.98 Å². The number of carbonyl (C=O) groups excluding carboxylic acids is 1. The Labute approximate surface area is 204 Å². The summed E-state index contributed by atoms with van der Waals surface area (Å²) in [6.45, 7) is 4.99. The van der Waals surface area contributed by atoms with Crippen molar-refractivity contribution in [2.45, 2.75) is 13.8 Å². The summed E-state index contributed by atoms with van der Waals surface area (Å²) >= 11 is 0. The molecule has 35 heavy (non-hydrogen) atoms. The first-order valence-electron chi connectivity index (χ1n) is 11.3. The first-order valence-corrected chi connectivity index (χ1v) is 11.3. The zero-order chi connectivity index (χ0) is 24.8. The second-order valence-electron chi connectivity index (χ2n) is 8.02. The molecule has 0 aliphatic carbocycles. The molecule has 0 aliphatic rings. The molecule has 0 bridgehead atoms. The average Bonchev–Trinajstić information content (AvgIpc) is 3.31. The number of likely N-dealkylation sites (N-methyl/N-ethyl adjacent to an activating group) is 1. The van der Waals surface area contributed by atoms with Crippen LogP contribution in [0.25, 0.3) is 22.5 Å². The van der Waals surface area contributed by atoms with Crippen molar-refractivity contribution >= 4 is 11.6 Å². The zero-order valence-electron chi connectivity index (χ0n) is 20.2. The van der Waals surface area contributed by atoms with E-state index in [0.29, 0.717) is 47.6 Å². The molecule has 0 saturated heterocycles. The smallest absolute Gasteiger partial charge is 0.255 e. The number of methoxy groups -OCH3 is 1. The molecule has 0 radical (unpaired) electrons. The Morgan fingerprint density at radius 2 is 1.74 bits per heavy atom. The maximum absolute atomic E-state index is 12.8. The molecule has 8 heteroatoms. The summed E-state index contributed by atoms with van der Waals surface area (Å²) in [5, 5.41) is 9.94. The van der Waals surface area contributed by atoms with Crippen LogP contribution >= 0.6 is 0 Å². The molecular formula is C27H28N4O4. The number of nitrogens with zero attached hydrogens (tertiary/aromatic N) is 2. The highest BCUT2D eigenvalue weighted by Gasteiger charge is 2.12. The molecule has 0 saturated carbocycles. The molecule has 3 aromatic carbocycles. The van der Waals surface area contributed by atoms with Crippen LogP contribution in [0.1, 0.15) is 21.8 Å². The Bertz CT molecular complexity index is 1320. The maximum Gasteiger partial charge on any atom is 0.255 e. The lowest BCUT2D eigenvalue weighted by Gasteiger charge is -2.13. The number of benzene rings is 3. The number of ether oxygens (including phenoxy) is 2. The molecule has 0 spiro atoms. The van der Waals surface area contributed by atoms with Crippen molar-refractivity contribution in [1.29, 1.82) is 0 Å². The number of nitrogens with one attached hydrogen (secondary N) is 2. The van der Waals surface area contributed by atoms with E-state index >= 15 is 0 Å². The lowest BCUT2D eigenvalue weighted by molar-refractivity contribution is 0.102. The number of carbonyl (C=O) groups is 1. The van der Waals surface area contributed by atoms with E-state index in [2.05, 4.69) is 20.8 Å². The largest absolute Gasteiger partial charge is 0.493 e. The van der Waals surface area contributed by atoms with Gasteiger partial charge in [-0.3, -0.25) is 4.79 Å². The van der Waals surface area contributed by atoms with Crippen molar-refractivity contribution in [2.75, 3.05) is 32.6 Å². The first kappa shape index (κ1) is 24.0. The third kappa shape index (κ3) is 5.67. The number of aryl methyl sites for hydroxylation is 2. The van der Waals surface area contributed by atoms with Gasteiger partial charge in [0.2, 0.25) is 11.7 Å². The number of anilines is 1. The van der Waals surface area contributed by atoms with Gasteiger partial charge < -0.3 is 24.6 Å². The van der Waals surface area contributed by atoms with Crippen LogP contribution in [0.2, 0.25) is 0 Å². The SMILES string of the molecule is CNCCOc1cc(NC(=O)c2ccc(-c3ccc(-c4noc(C)n4)cc3C)cc2)ccc1OC. The number of hydrogen-bond acceptors (Lipinski definition) is 7. The molecule has 4 rings (SSSR count). The summed E-state index contributed by atoms with van der Waals surface area (Å²) in [5.74, 6) is 2.08. The van der Waals surface area contributed by atoms with Gasteiger partial charge in [-0.05, 0) is 61.0 Å². The van der Waals surface area contributed by atoms with Crippen LogP contribution in [0.4, 0.5) is 5.69 Å². The third-order valence-electron chi connectivity index (χ3n) is 5.50. The fraction of sp³-hybridized carbons (Fsp3) is 0.222. The molecule has 1 amide bonds. The van der Waals surface area contributed by atoms with Crippen LogP contribution in [0.15, 0.2) is 65.2 Å². The van der Waals surface area contributed by atoms with Crippen molar-refractivity contribution < 1.29 is 18.8 Å². The molecule has 4 aromatic rings. The highest BCUT2D eigenvalue weighted by molar-refractivity contribution is 6.04. The standard InChI is InChI=1S/C27H28N4O4/c1-17-15-21(26-29-18(2)35-31-26)9-11-23(17)19-5-7-20(8-6-19)27(32)30-22-10-12-24(33-4)25(16-22)34-14-13-28-3/h5-12,15-16,28H,13-14H2,1-4H3,(H,30,32). The van der Waals surface area contributed by atoms with E-state index in [9.17, 15) is 4.79 Å². The molecule has 0 unspecified atom stereocenters. The van der Waals surface area contributed by atoms with Crippen molar-refractivity contribution in [1.82, 2.24) is 15.5 Å². The summed E-state index contributed by atoms with van der Waals surface area (Å²) in [4.78, 5) is 17.1. The number of aromatic nitrogens is 2. The van der Waals surface area contributed by atoms with Gasteiger partial charge in [0.05, 0.1) is 7.11 Å². The molecule has 2 N–H and O–H groups in total. The van der Waals surface area contributed by atoms with Crippen LogP contribution < -0.4 is 20.1 Å². The minimum absolute atomic E-state index is 0.206. The van der Waals surface area contributed by atoms with E-state index in [0.717, 1.165) is 22.3 Å². The Morgan fingerprint density at radius 3 is 2.40 bits per heavy atom. The van der Waals surface area contributed by atoms with Gasteiger partial charge in [0, 0.05) is 36.3 Å². The molecule has 1 heterocycles. The Kier molecular flexibility index (Phi) is 7.42. The third-order valence-corrected chi connectivity index (χ3v) is 5.50. The van der Waals surface area contributed by atoms with Crippen LogP contribution in [0.3, 0.4) is 0 Å². The minimum Gasteiger partial charge on any atom is -0.493 e. The fourth-order valence-corrected chi connectivity index (χ4v) is 3.68. The minimum atomic E-state index is -0.206. The normalized spacial score (nSPS) is 10.7. The Hall–Kier alpha value is -4.17. The predicted molar refractivity (Wildman–Crippen MR) is 135 cm³/mol. The van der Waals surface area contributed by atoms with Gasteiger partial charge in [0.25, 0.3) is 5.91 Å². The second-order valence-corrected chi connectivity index (χ2v) is 8.02. The van der Waals surface area contributed by atoms with Gasteiger partial charge in [0.1, 0.15) is 6.61 Å². The molecule has 0 aliphatic heterocycles. The monoisotopic (exact) mass is 472 g/mol. The van der Waals surface area contributed by atoms with Crippen LogP contribution in [0.5, 0.6) is 11.5 Å². The Balaban J connectivity index is 1.47. The average molecular weight is 473 g/mol. The molecule has 0 atom stereocenters. The number of hydrogen-bond donors (Lipinski definition) is 2. The van der Waals surface area contributed by atoms with Crippen molar-refractivity contribution in [2.24, 2.45) is 0 Å². The van der Waals surface area contributed by atoms with E-state index in [1.165, 1.54) is 0 Å². The molecule has 8 nitrogen and oxygen atoms in total. The predicted octanol–water partition coefficient (Wildman–Crippen LogP) is 4.88. The van der Waals surface area contributed by atoms with E-state index in [4.69, 9.17) is 14.0 Å². The number of rotatable bonds is 9. The van der Waals surface area contributed by atoms with E-state index in [-0.39, 0.29) is 5.91 Å². The van der Waals surface area contributed by atoms with Gasteiger partial charge in [0.15, 0.2) is 11.5 Å². The summed E-state index contributed by atoms with van der Waals surface area (Å²) < 4.78 is 16.2. The van der Waals surface area contributed by atoms with Crippen molar-refractivity contribution in [3.63, 3.8) is 0 Å². The first-order chi connectivity index (χ1) is 17.0. The van der Waals surface area contributed by atoms with Crippen LogP contribution in [-0.4, -0.2) is 43.4 Å². The van der Waals surface area contributed by atoms with Gasteiger partial charge >= 0.3 is 0 Å². The summed E-state index contributed by atoms with van der Waals surface area (Å²) in [6.07, 6.45) is 0. The van der Waals surface area contributed by atoms with E-state index in [1.54, 1.807) is 32.2 Å². The van der Waals surface area contributed by atoms with Crippen LogP contribution in [-0.2, 0) is 0 Å². The molecular weight excluding hydrogens is 444 g/mol. The van der Waals surface area contributed by atoms with Gasteiger partial charge in [-0.25, -0.2) is 0 Å². The fourth-order valence-electron chi connectivity index (χ4n) is 3.68. The lowest BCUT2D eigenvalue weighted by atomic mass is 9.97. The molecule has 0 fully saturated rings. The summed E-state index contributed by atoms with van der Waals surface area (Å²) in [5.41, 5.74) is 5.24.